The SMILES string of the molecule is N#Cc1ccc2c(c1)Oc1cccc3c(-c4ccc(-c5cc6c7ccccc7c(-c7ccc8ccccc8c7)cc6c6ccccc56)cc4)ccc-2c13.N#Cc1ccc2c(c1)Oc1cccc3c(-c4ccc(-c5cc6c7ccccc7c(-c7cccc(-c8ccccc8)n7)cc6c6ccccc56)cc4)ccc-2c13. The van der Waals surface area contributed by atoms with Gasteiger partial charge in [-0.25, -0.2) is 4.98 Å². The Balaban J connectivity index is 0.000000138. The molecule has 20 aromatic rings. The van der Waals surface area contributed by atoms with Crippen molar-refractivity contribution in [1.29, 1.82) is 10.5 Å². The number of ether oxygens (including phenoxy) is 2. The van der Waals surface area contributed by atoms with Gasteiger partial charge in [0.05, 0.1) is 34.7 Å². The van der Waals surface area contributed by atoms with Crippen LogP contribution in [0.3, 0.4) is 0 Å². The Morgan fingerprint density at radius 2 is 0.546 bits per heavy atom. The number of hydrogen-bond donors (Lipinski definition) is 0. The minimum Gasteiger partial charge on any atom is -0.456 e. The molecule has 19 aromatic carbocycles. The molecule has 0 spiro atoms. The summed E-state index contributed by atoms with van der Waals surface area (Å²) in [5.41, 5.74) is 21.5. The van der Waals surface area contributed by atoms with Crippen molar-refractivity contribution in [2.75, 3.05) is 0 Å². The summed E-state index contributed by atoms with van der Waals surface area (Å²) in [6.07, 6.45) is 0. The van der Waals surface area contributed by atoms with E-state index in [0.717, 1.165) is 112 Å². The van der Waals surface area contributed by atoms with Crippen LogP contribution in [0.1, 0.15) is 11.1 Å². The molecule has 5 nitrogen and oxygen atoms in total. The highest BCUT2D eigenvalue weighted by molar-refractivity contribution is 6.26. The van der Waals surface area contributed by atoms with E-state index in [4.69, 9.17) is 14.5 Å². The predicted octanol–water partition coefficient (Wildman–Crippen LogP) is 28.1. The van der Waals surface area contributed by atoms with Crippen LogP contribution in [0.5, 0.6) is 23.0 Å². The highest BCUT2D eigenvalue weighted by Gasteiger charge is 2.26. The van der Waals surface area contributed by atoms with E-state index < -0.39 is 0 Å². The van der Waals surface area contributed by atoms with Crippen molar-refractivity contribution in [3.8, 4) is 136 Å². The average Bonchev–Trinajstić information content (AvgIpc) is 0.755. The first-order valence-electron chi connectivity index (χ1n) is 36.5. The summed E-state index contributed by atoms with van der Waals surface area (Å²) in [5.74, 6) is 3.07. The Kier molecular flexibility index (Phi) is 14.3. The molecule has 0 amide bonds. The van der Waals surface area contributed by atoms with Gasteiger partial charge >= 0.3 is 0 Å². The second kappa shape index (κ2) is 25.0. The van der Waals surface area contributed by atoms with Crippen molar-refractivity contribution in [1.82, 2.24) is 4.98 Å². The number of benzene rings is 19. The van der Waals surface area contributed by atoms with Gasteiger partial charge in [-0.2, -0.15) is 10.5 Å². The Labute approximate surface area is 622 Å². The largest absolute Gasteiger partial charge is 0.456 e. The van der Waals surface area contributed by atoms with Crippen LogP contribution in [0.25, 0.3) is 197 Å². The smallest absolute Gasteiger partial charge is 0.136 e. The lowest BCUT2D eigenvalue weighted by atomic mass is 9.87. The van der Waals surface area contributed by atoms with Crippen LogP contribution >= 0.6 is 0 Å². The quantitative estimate of drug-likeness (QED) is 0.149. The van der Waals surface area contributed by atoms with Gasteiger partial charge in [-0.3, -0.25) is 0 Å². The van der Waals surface area contributed by atoms with Gasteiger partial charge in [0.1, 0.15) is 23.0 Å². The van der Waals surface area contributed by atoms with E-state index >= 15 is 0 Å². The van der Waals surface area contributed by atoms with Crippen LogP contribution in [0, 0.1) is 22.7 Å². The number of hydrogen-bond acceptors (Lipinski definition) is 5. The molecule has 0 N–H and O–H groups in total. The molecular formula is C103H59N3O2. The maximum Gasteiger partial charge on any atom is 0.136 e. The van der Waals surface area contributed by atoms with Gasteiger partial charge in [0, 0.05) is 33.0 Å². The second-order valence-electron chi connectivity index (χ2n) is 28.1. The summed E-state index contributed by atoms with van der Waals surface area (Å²) in [5, 5.41) is 40.7. The second-order valence-corrected chi connectivity index (χ2v) is 28.1. The molecule has 22 rings (SSSR count). The van der Waals surface area contributed by atoms with Crippen LogP contribution in [0.2, 0.25) is 0 Å². The molecule has 498 valence electrons. The Bertz CT molecular complexity index is 7310. The first-order valence-corrected chi connectivity index (χ1v) is 36.5. The molecule has 0 radical (unpaired) electrons. The maximum atomic E-state index is 9.46. The van der Waals surface area contributed by atoms with Crippen molar-refractivity contribution in [2.45, 2.75) is 0 Å². The number of nitriles is 2. The number of rotatable bonds is 7. The van der Waals surface area contributed by atoms with Crippen LogP contribution in [-0.2, 0) is 0 Å². The Hall–Kier alpha value is -14.8. The topological polar surface area (TPSA) is 78.9 Å². The molecule has 2 aliphatic rings. The van der Waals surface area contributed by atoms with Crippen LogP contribution in [-0.4, -0.2) is 4.98 Å². The van der Waals surface area contributed by atoms with E-state index in [1.807, 2.05) is 60.7 Å². The Morgan fingerprint density at radius 3 is 1.02 bits per heavy atom. The lowest BCUT2D eigenvalue weighted by Crippen LogP contribution is -1.98. The van der Waals surface area contributed by atoms with Gasteiger partial charge in [0.25, 0.3) is 0 Å². The van der Waals surface area contributed by atoms with E-state index in [9.17, 15) is 10.5 Å². The third kappa shape index (κ3) is 10.1. The van der Waals surface area contributed by atoms with E-state index in [1.54, 1.807) is 0 Å². The third-order valence-corrected chi connectivity index (χ3v) is 22.2. The highest BCUT2D eigenvalue weighted by atomic mass is 16.5. The molecule has 1 aromatic heterocycles. The summed E-state index contributed by atoms with van der Waals surface area (Å²) in [4.78, 5) is 5.18. The van der Waals surface area contributed by atoms with E-state index in [1.165, 1.54) is 109 Å². The fourth-order valence-electron chi connectivity index (χ4n) is 17.1. The molecule has 3 heterocycles. The number of fused-ring (bicyclic) bond motifs is 15. The van der Waals surface area contributed by atoms with Gasteiger partial charge < -0.3 is 9.47 Å². The van der Waals surface area contributed by atoms with E-state index in [-0.39, 0.29) is 0 Å². The van der Waals surface area contributed by atoms with Crippen molar-refractivity contribution in [3.63, 3.8) is 0 Å². The Morgan fingerprint density at radius 1 is 0.194 bits per heavy atom. The number of pyridine rings is 1. The summed E-state index contributed by atoms with van der Waals surface area (Å²) in [6, 6.07) is 132. The lowest BCUT2D eigenvalue weighted by Gasteiger charge is -2.22. The average molecular weight is 1370 g/mol. The molecular weight excluding hydrogens is 1310 g/mol. The van der Waals surface area contributed by atoms with Crippen LogP contribution in [0.15, 0.2) is 358 Å². The van der Waals surface area contributed by atoms with Gasteiger partial charge in [-0.1, -0.05) is 267 Å². The minimum absolute atomic E-state index is 0.588. The van der Waals surface area contributed by atoms with Gasteiger partial charge in [-0.05, 0) is 244 Å². The van der Waals surface area contributed by atoms with Gasteiger partial charge in [-0.15, -0.1) is 0 Å². The molecule has 0 atom stereocenters. The number of aromatic nitrogens is 1. The minimum atomic E-state index is 0.588. The third-order valence-electron chi connectivity index (χ3n) is 22.2. The van der Waals surface area contributed by atoms with E-state index in [0.29, 0.717) is 11.1 Å². The zero-order valence-electron chi connectivity index (χ0n) is 58.2. The summed E-state index contributed by atoms with van der Waals surface area (Å²) in [6.45, 7) is 0. The molecule has 0 aliphatic carbocycles. The highest BCUT2D eigenvalue weighted by Crippen LogP contribution is 2.52. The molecule has 0 bridgehead atoms. The normalized spacial score (nSPS) is 11.8. The summed E-state index contributed by atoms with van der Waals surface area (Å²) >= 11 is 0. The van der Waals surface area contributed by atoms with E-state index in [2.05, 4.69) is 309 Å². The molecule has 0 saturated heterocycles. The number of nitrogens with zero attached hydrogens (tertiary/aromatic N) is 3. The van der Waals surface area contributed by atoms with Crippen LogP contribution in [0.4, 0.5) is 0 Å². The van der Waals surface area contributed by atoms with Crippen LogP contribution < -0.4 is 9.47 Å². The molecule has 0 saturated carbocycles. The monoisotopic (exact) mass is 1370 g/mol. The lowest BCUT2D eigenvalue weighted by molar-refractivity contribution is 0.486. The van der Waals surface area contributed by atoms with Crippen molar-refractivity contribution in [3.05, 3.63) is 369 Å². The molecule has 5 heteroatoms. The van der Waals surface area contributed by atoms with Crippen molar-refractivity contribution >= 4 is 97.0 Å². The maximum absolute atomic E-state index is 9.46. The zero-order chi connectivity index (χ0) is 71.5. The fourth-order valence-corrected chi connectivity index (χ4v) is 17.1. The zero-order valence-corrected chi connectivity index (χ0v) is 58.2. The standard InChI is InChI=1S/C52H30N2O.C51H29NO/c53-31-32-20-25-41-43-27-26-36(42-16-8-19-50(52(42)43)55-51(41)28-32)33-21-23-34(24-22-33)44-29-45-39-14-6-7-15-40(39)47(30-46(45)38-13-5-4-12-37(38)44)49-18-9-17-48(54-49)35-10-2-1-3-11-35;52-30-31-16-23-42-44-25-24-37(43-14-7-15-49(51(43)44)53-50(42)26-31)33-18-20-34(21-19-33)45-28-47-41-13-6-4-11-39(41)46(29-48(47)40-12-5-3-10-38(40)45)36-22-17-32-8-1-2-9-35(32)27-36/h1-30H;1-29H. The van der Waals surface area contributed by atoms with Crippen molar-refractivity contribution in [2.24, 2.45) is 0 Å². The first-order chi connectivity index (χ1) is 53.4. The first kappa shape index (κ1) is 61.9. The predicted molar refractivity (Wildman–Crippen MR) is 447 cm³/mol. The van der Waals surface area contributed by atoms with Gasteiger partial charge in [0.15, 0.2) is 0 Å². The molecule has 108 heavy (non-hydrogen) atoms. The molecule has 2 aliphatic heterocycles. The summed E-state index contributed by atoms with van der Waals surface area (Å²) in [7, 11) is 0. The van der Waals surface area contributed by atoms with Gasteiger partial charge in [0.2, 0.25) is 0 Å². The van der Waals surface area contributed by atoms with Crippen molar-refractivity contribution < 1.29 is 9.47 Å². The molecule has 0 fully saturated rings. The fraction of sp³-hybridized carbons (Fsp3) is 0. The molecule has 0 unspecified atom stereocenters. The summed E-state index contributed by atoms with van der Waals surface area (Å²) < 4.78 is 12.7.